The molecule has 1 heterocycles. The zero-order valence-electron chi connectivity index (χ0n) is 11.2. The third kappa shape index (κ3) is 2.92. The molecule has 2 rings (SSSR count). The third-order valence-electron chi connectivity index (χ3n) is 2.80. The first-order valence-corrected chi connectivity index (χ1v) is 6.75. The topological polar surface area (TPSA) is 55.4 Å². The molecule has 0 atom stereocenters. The highest BCUT2D eigenvalue weighted by Crippen LogP contribution is 2.25. The number of hydrogen-bond donors (Lipinski definition) is 1. The van der Waals surface area contributed by atoms with Crippen LogP contribution in [-0.4, -0.2) is 19.0 Å². The predicted octanol–water partition coefficient (Wildman–Crippen LogP) is 3.37. The van der Waals surface area contributed by atoms with E-state index < -0.39 is 29.1 Å². The maximum Gasteiger partial charge on any atom is 0.350 e. The highest BCUT2D eigenvalue weighted by molar-refractivity contribution is 7.12. The van der Waals surface area contributed by atoms with Crippen LogP contribution >= 0.6 is 11.3 Å². The largest absolute Gasteiger partial charge is 0.465 e. The van der Waals surface area contributed by atoms with Crippen LogP contribution in [0.25, 0.3) is 0 Å². The van der Waals surface area contributed by atoms with Crippen molar-refractivity contribution in [2.45, 2.75) is 6.92 Å². The van der Waals surface area contributed by atoms with Gasteiger partial charge in [0.1, 0.15) is 22.1 Å². The molecule has 1 amide bonds. The number of amides is 1. The van der Waals surface area contributed by atoms with E-state index in [0.717, 1.165) is 17.4 Å². The van der Waals surface area contributed by atoms with E-state index in [1.54, 1.807) is 5.38 Å². The minimum atomic E-state index is -0.967. The van der Waals surface area contributed by atoms with Crippen LogP contribution in [0.1, 0.15) is 25.6 Å². The summed E-state index contributed by atoms with van der Waals surface area (Å²) < 4.78 is 32.1. The number of rotatable bonds is 3. The summed E-state index contributed by atoms with van der Waals surface area (Å²) in [4.78, 5) is 23.7. The molecule has 0 unspecified atom stereocenters. The molecule has 21 heavy (non-hydrogen) atoms. The molecular weight excluding hydrogens is 300 g/mol. The number of thiophene rings is 1. The smallest absolute Gasteiger partial charge is 0.350 e. The van der Waals surface area contributed by atoms with E-state index in [0.29, 0.717) is 0 Å². The van der Waals surface area contributed by atoms with E-state index in [2.05, 4.69) is 10.1 Å². The molecule has 1 aromatic heterocycles. The summed E-state index contributed by atoms with van der Waals surface area (Å²) in [7, 11) is 1.20. The Morgan fingerprint density at radius 3 is 2.62 bits per heavy atom. The van der Waals surface area contributed by atoms with Crippen molar-refractivity contribution in [2.75, 3.05) is 12.4 Å². The van der Waals surface area contributed by atoms with Crippen molar-refractivity contribution in [1.29, 1.82) is 0 Å². The van der Waals surface area contributed by atoms with Crippen LogP contribution in [0, 0.1) is 18.6 Å². The standard InChI is InChI=1S/C14H11F2NO3S/c1-7-3-4-8(15)10(11(7)16)13(18)17-9-5-6-21-12(9)14(19)20-2/h3-6H,1-2H3,(H,17,18). The maximum atomic E-state index is 13.9. The number of halogens is 2. The molecular formula is C14H11F2NO3S. The maximum absolute atomic E-state index is 13.9. The van der Waals surface area contributed by atoms with Gasteiger partial charge in [0, 0.05) is 0 Å². The lowest BCUT2D eigenvalue weighted by molar-refractivity contribution is 0.0607. The van der Waals surface area contributed by atoms with Gasteiger partial charge in [-0.2, -0.15) is 0 Å². The third-order valence-corrected chi connectivity index (χ3v) is 3.69. The van der Waals surface area contributed by atoms with Crippen LogP contribution in [0.5, 0.6) is 0 Å². The molecule has 0 fully saturated rings. The Kier molecular flexibility index (Phi) is 4.32. The Balaban J connectivity index is 2.34. The molecule has 1 N–H and O–H groups in total. The van der Waals surface area contributed by atoms with Gasteiger partial charge in [-0.05, 0) is 30.0 Å². The van der Waals surface area contributed by atoms with E-state index in [1.807, 2.05) is 0 Å². The van der Waals surface area contributed by atoms with Crippen LogP contribution in [0.15, 0.2) is 23.6 Å². The predicted molar refractivity (Wildman–Crippen MR) is 74.7 cm³/mol. The van der Waals surface area contributed by atoms with Crippen molar-refractivity contribution in [3.63, 3.8) is 0 Å². The lowest BCUT2D eigenvalue weighted by Crippen LogP contribution is -2.17. The van der Waals surface area contributed by atoms with E-state index in [-0.39, 0.29) is 16.1 Å². The molecule has 0 saturated heterocycles. The summed E-state index contributed by atoms with van der Waals surface area (Å²) in [5.41, 5.74) is -0.380. The molecule has 0 bridgehead atoms. The van der Waals surface area contributed by atoms with E-state index >= 15 is 0 Å². The Bertz CT molecular complexity index is 712. The van der Waals surface area contributed by atoms with Gasteiger partial charge in [-0.25, -0.2) is 13.6 Å². The second kappa shape index (κ2) is 6.01. The van der Waals surface area contributed by atoms with Crippen molar-refractivity contribution in [3.8, 4) is 0 Å². The van der Waals surface area contributed by atoms with Crippen molar-refractivity contribution in [2.24, 2.45) is 0 Å². The number of hydrogen-bond acceptors (Lipinski definition) is 4. The van der Waals surface area contributed by atoms with Crippen molar-refractivity contribution >= 4 is 28.9 Å². The second-order valence-electron chi connectivity index (χ2n) is 4.16. The summed E-state index contributed by atoms with van der Waals surface area (Å²) in [6.07, 6.45) is 0. The molecule has 0 aliphatic carbocycles. The molecule has 2 aromatic rings. The summed E-state index contributed by atoms with van der Waals surface area (Å²) >= 11 is 1.05. The van der Waals surface area contributed by atoms with Crippen LogP contribution in [0.4, 0.5) is 14.5 Å². The molecule has 1 aromatic carbocycles. The van der Waals surface area contributed by atoms with Crippen molar-refractivity contribution in [1.82, 2.24) is 0 Å². The first-order chi connectivity index (χ1) is 9.95. The Morgan fingerprint density at radius 1 is 1.24 bits per heavy atom. The monoisotopic (exact) mass is 311 g/mol. The van der Waals surface area contributed by atoms with Crippen LogP contribution in [0.2, 0.25) is 0 Å². The molecule has 0 aliphatic heterocycles. The Hall–Kier alpha value is -2.28. The van der Waals surface area contributed by atoms with Crippen molar-refractivity contribution in [3.05, 3.63) is 51.2 Å². The van der Waals surface area contributed by atoms with Crippen LogP contribution in [-0.2, 0) is 4.74 Å². The lowest BCUT2D eigenvalue weighted by Gasteiger charge is -2.08. The fourth-order valence-corrected chi connectivity index (χ4v) is 2.47. The summed E-state index contributed by atoms with van der Waals surface area (Å²) in [5, 5.41) is 3.88. The second-order valence-corrected chi connectivity index (χ2v) is 5.08. The average Bonchev–Trinajstić information content (AvgIpc) is 2.90. The highest BCUT2D eigenvalue weighted by Gasteiger charge is 2.22. The molecule has 7 heteroatoms. The Labute approximate surface area is 123 Å². The lowest BCUT2D eigenvalue weighted by atomic mass is 10.1. The van der Waals surface area contributed by atoms with Gasteiger partial charge >= 0.3 is 5.97 Å². The SMILES string of the molecule is COC(=O)c1sccc1NC(=O)c1c(F)ccc(C)c1F. The minimum Gasteiger partial charge on any atom is -0.465 e. The highest BCUT2D eigenvalue weighted by atomic mass is 32.1. The number of nitrogens with one attached hydrogen (secondary N) is 1. The number of anilines is 1. The zero-order chi connectivity index (χ0) is 15.6. The van der Waals surface area contributed by atoms with Gasteiger partial charge < -0.3 is 10.1 Å². The molecule has 0 radical (unpaired) electrons. The molecule has 0 saturated carbocycles. The summed E-state index contributed by atoms with van der Waals surface area (Å²) in [5.74, 6) is -3.49. The van der Waals surface area contributed by atoms with Gasteiger partial charge in [-0.15, -0.1) is 11.3 Å². The van der Waals surface area contributed by atoms with E-state index in [1.165, 1.54) is 26.2 Å². The number of esters is 1. The first-order valence-electron chi connectivity index (χ1n) is 5.87. The van der Waals surface area contributed by atoms with Gasteiger partial charge in [-0.1, -0.05) is 6.07 Å². The number of carbonyl (C=O) groups excluding carboxylic acids is 2. The minimum absolute atomic E-state index is 0.150. The fraction of sp³-hybridized carbons (Fsp3) is 0.143. The fourth-order valence-electron chi connectivity index (χ4n) is 1.71. The molecule has 110 valence electrons. The number of benzene rings is 1. The van der Waals surface area contributed by atoms with Gasteiger partial charge in [-0.3, -0.25) is 4.79 Å². The van der Waals surface area contributed by atoms with Crippen LogP contribution in [0.3, 0.4) is 0 Å². The summed E-state index contributed by atoms with van der Waals surface area (Å²) in [6.45, 7) is 1.43. The van der Waals surface area contributed by atoms with Crippen molar-refractivity contribution < 1.29 is 23.1 Å². The number of methoxy groups -OCH3 is 1. The first kappa shape index (κ1) is 15.1. The van der Waals surface area contributed by atoms with Crippen LogP contribution < -0.4 is 5.32 Å². The molecule has 4 nitrogen and oxygen atoms in total. The van der Waals surface area contributed by atoms with E-state index in [4.69, 9.17) is 0 Å². The molecule has 0 aliphatic rings. The average molecular weight is 311 g/mol. The number of carbonyl (C=O) groups is 2. The number of ether oxygens (including phenoxy) is 1. The van der Waals surface area contributed by atoms with Gasteiger partial charge in [0.2, 0.25) is 0 Å². The van der Waals surface area contributed by atoms with Gasteiger partial charge in [0.25, 0.3) is 5.91 Å². The van der Waals surface area contributed by atoms with Gasteiger partial charge in [0.15, 0.2) is 0 Å². The molecule has 0 spiro atoms. The Morgan fingerprint density at radius 2 is 1.95 bits per heavy atom. The number of aryl methyl sites for hydroxylation is 1. The summed E-state index contributed by atoms with van der Waals surface area (Å²) in [6, 6.07) is 3.72. The van der Waals surface area contributed by atoms with Gasteiger partial charge in [0.05, 0.1) is 12.8 Å². The van der Waals surface area contributed by atoms with E-state index in [9.17, 15) is 18.4 Å². The zero-order valence-corrected chi connectivity index (χ0v) is 12.0. The quantitative estimate of drug-likeness (QED) is 0.884. The normalized spacial score (nSPS) is 10.3.